The van der Waals surface area contributed by atoms with Crippen molar-refractivity contribution in [1.82, 2.24) is 0 Å². The van der Waals surface area contributed by atoms with Crippen molar-refractivity contribution in [1.29, 1.82) is 0 Å². The zero-order valence-corrected chi connectivity index (χ0v) is 19.8. The summed E-state index contributed by atoms with van der Waals surface area (Å²) in [7, 11) is 0. The number of carbonyl (C=O) groups is 1. The molecule has 1 aliphatic rings. The molecule has 1 fully saturated rings. The Kier molecular flexibility index (Phi) is 7.39. The summed E-state index contributed by atoms with van der Waals surface area (Å²) in [5, 5.41) is 0. The van der Waals surface area contributed by atoms with Gasteiger partial charge in [-0.25, -0.2) is 4.79 Å². The first kappa shape index (κ1) is 22.3. The van der Waals surface area contributed by atoms with Gasteiger partial charge in [0.25, 0.3) is 0 Å². The number of ether oxygens (including phenoxy) is 1. The molecule has 0 bridgehead atoms. The second kappa shape index (κ2) is 10.6. The number of rotatable bonds is 7. The van der Waals surface area contributed by atoms with Crippen LogP contribution in [0.25, 0.3) is 17.2 Å². The minimum absolute atomic E-state index is 0.316. The monoisotopic (exact) mass is 486 g/mol. The van der Waals surface area contributed by atoms with Crippen molar-refractivity contribution in [3.63, 3.8) is 0 Å². The van der Waals surface area contributed by atoms with E-state index in [1.165, 1.54) is 53.2 Å². The summed E-state index contributed by atoms with van der Waals surface area (Å²) in [6.45, 7) is 2.19. The third-order valence-electron chi connectivity index (χ3n) is 5.90. The lowest BCUT2D eigenvalue weighted by Gasteiger charge is -2.31. The lowest BCUT2D eigenvalue weighted by Crippen LogP contribution is -2.15. The van der Waals surface area contributed by atoms with Crippen LogP contribution in [0.1, 0.15) is 48.4 Å². The standard InChI is InChI=1S/C29H27BrO2/c1-2-32-27(31)20-13-21-11-14-24(15-12-21)29(25-16-18-26(30)19-17-25)28(23-9-6-10-23)22-7-4-3-5-8-22/h3-5,7-8,11-20,23H,2,6,9-10H2,1H3/b20-13+,29-28-. The first-order valence-corrected chi connectivity index (χ1v) is 12.0. The number of hydrogen-bond acceptors (Lipinski definition) is 2. The first-order valence-electron chi connectivity index (χ1n) is 11.2. The van der Waals surface area contributed by atoms with Crippen LogP contribution in [0, 0.1) is 5.92 Å². The van der Waals surface area contributed by atoms with Gasteiger partial charge in [0.1, 0.15) is 0 Å². The van der Waals surface area contributed by atoms with Gasteiger partial charge in [-0.2, -0.15) is 0 Å². The fourth-order valence-corrected chi connectivity index (χ4v) is 4.37. The highest BCUT2D eigenvalue weighted by Crippen LogP contribution is 2.45. The maximum absolute atomic E-state index is 11.6. The molecule has 1 saturated carbocycles. The summed E-state index contributed by atoms with van der Waals surface area (Å²) in [6.07, 6.45) is 7.02. The summed E-state index contributed by atoms with van der Waals surface area (Å²) in [4.78, 5) is 11.6. The molecular weight excluding hydrogens is 460 g/mol. The van der Waals surface area contributed by atoms with Gasteiger partial charge in [-0.1, -0.05) is 89.1 Å². The molecule has 0 spiro atoms. The van der Waals surface area contributed by atoms with E-state index in [2.05, 4.69) is 94.8 Å². The molecule has 2 nitrogen and oxygen atoms in total. The molecule has 1 aliphatic carbocycles. The van der Waals surface area contributed by atoms with Gasteiger partial charge in [-0.05, 0) is 77.3 Å². The molecule has 3 aromatic rings. The van der Waals surface area contributed by atoms with Gasteiger partial charge in [0, 0.05) is 10.5 Å². The van der Waals surface area contributed by atoms with Crippen LogP contribution in [0.3, 0.4) is 0 Å². The van der Waals surface area contributed by atoms with Crippen LogP contribution < -0.4 is 0 Å². The molecule has 4 rings (SSSR count). The smallest absolute Gasteiger partial charge is 0.330 e. The number of halogens is 1. The molecule has 0 saturated heterocycles. The Bertz CT molecular complexity index is 1110. The van der Waals surface area contributed by atoms with Crippen molar-refractivity contribution in [3.05, 3.63) is 112 Å². The van der Waals surface area contributed by atoms with Crippen LogP contribution in [0.15, 0.2) is 89.4 Å². The van der Waals surface area contributed by atoms with Gasteiger partial charge in [-0.15, -0.1) is 0 Å². The van der Waals surface area contributed by atoms with Crippen molar-refractivity contribution in [2.45, 2.75) is 26.2 Å². The molecule has 0 N–H and O–H groups in total. The van der Waals surface area contributed by atoms with E-state index < -0.39 is 0 Å². The van der Waals surface area contributed by atoms with Gasteiger partial charge < -0.3 is 4.74 Å². The van der Waals surface area contributed by atoms with Crippen LogP contribution in [-0.2, 0) is 9.53 Å². The van der Waals surface area contributed by atoms with Crippen molar-refractivity contribution in [2.24, 2.45) is 5.92 Å². The van der Waals surface area contributed by atoms with E-state index in [9.17, 15) is 4.79 Å². The average Bonchev–Trinajstić information content (AvgIpc) is 2.79. The van der Waals surface area contributed by atoms with Gasteiger partial charge in [-0.3, -0.25) is 0 Å². The highest BCUT2D eigenvalue weighted by Gasteiger charge is 2.27. The second-order valence-electron chi connectivity index (χ2n) is 8.00. The SMILES string of the molecule is CCOC(=O)/C=C/c1ccc(/C(=C(\c2ccccc2)C2CCC2)c2ccc(Br)cc2)cc1. The summed E-state index contributed by atoms with van der Waals surface area (Å²) in [5.41, 5.74) is 7.38. The Balaban J connectivity index is 1.80. The van der Waals surface area contributed by atoms with Crippen molar-refractivity contribution in [2.75, 3.05) is 6.61 Å². The second-order valence-corrected chi connectivity index (χ2v) is 8.91. The molecule has 0 amide bonds. The molecule has 0 unspecified atom stereocenters. The van der Waals surface area contributed by atoms with E-state index in [1.54, 1.807) is 6.08 Å². The zero-order valence-electron chi connectivity index (χ0n) is 18.3. The van der Waals surface area contributed by atoms with Crippen LogP contribution in [-0.4, -0.2) is 12.6 Å². The molecule has 0 radical (unpaired) electrons. The quantitative estimate of drug-likeness (QED) is 0.193. The Morgan fingerprint density at radius 3 is 2.09 bits per heavy atom. The molecular formula is C29H27BrO2. The number of carbonyl (C=O) groups excluding carboxylic acids is 1. The minimum Gasteiger partial charge on any atom is -0.463 e. The Morgan fingerprint density at radius 1 is 0.906 bits per heavy atom. The summed E-state index contributed by atoms with van der Waals surface area (Å²) < 4.78 is 6.06. The largest absolute Gasteiger partial charge is 0.463 e. The van der Waals surface area contributed by atoms with Crippen molar-refractivity contribution >= 4 is 39.1 Å². The fourth-order valence-electron chi connectivity index (χ4n) is 4.11. The summed E-state index contributed by atoms with van der Waals surface area (Å²) in [5.74, 6) is 0.253. The predicted molar refractivity (Wildman–Crippen MR) is 136 cm³/mol. The van der Waals surface area contributed by atoms with Gasteiger partial charge in [0.15, 0.2) is 0 Å². The third kappa shape index (κ3) is 5.28. The van der Waals surface area contributed by atoms with Crippen molar-refractivity contribution < 1.29 is 9.53 Å². The van der Waals surface area contributed by atoms with Crippen LogP contribution in [0.2, 0.25) is 0 Å². The zero-order chi connectivity index (χ0) is 22.3. The molecule has 162 valence electrons. The Hall–Kier alpha value is -2.91. The maximum atomic E-state index is 11.6. The molecule has 0 atom stereocenters. The molecule has 0 aromatic heterocycles. The van der Waals surface area contributed by atoms with E-state index in [-0.39, 0.29) is 5.97 Å². The van der Waals surface area contributed by atoms with Crippen LogP contribution in [0.5, 0.6) is 0 Å². The van der Waals surface area contributed by atoms with E-state index in [1.807, 2.05) is 6.92 Å². The first-order chi connectivity index (χ1) is 15.7. The number of hydrogen-bond donors (Lipinski definition) is 0. The molecule has 0 heterocycles. The lowest BCUT2D eigenvalue weighted by molar-refractivity contribution is -0.137. The van der Waals surface area contributed by atoms with Gasteiger partial charge >= 0.3 is 5.97 Å². The van der Waals surface area contributed by atoms with E-state index in [0.717, 1.165) is 10.0 Å². The average molecular weight is 487 g/mol. The number of allylic oxidation sites excluding steroid dienone is 1. The number of esters is 1. The van der Waals surface area contributed by atoms with Gasteiger partial charge in [0.05, 0.1) is 6.61 Å². The van der Waals surface area contributed by atoms with Gasteiger partial charge in [0.2, 0.25) is 0 Å². The Labute approximate surface area is 198 Å². The van der Waals surface area contributed by atoms with E-state index in [0.29, 0.717) is 12.5 Å². The highest BCUT2D eigenvalue weighted by molar-refractivity contribution is 9.10. The predicted octanol–water partition coefficient (Wildman–Crippen LogP) is 7.78. The minimum atomic E-state index is -0.316. The van der Waals surface area contributed by atoms with E-state index in [4.69, 9.17) is 4.74 Å². The van der Waals surface area contributed by atoms with Crippen LogP contribution in [0.4, 0.5) is 0 Å². The Morgan fingerprint density at radius 2 is 1.53 bits per heavy atom. The van der Waals surface area contributed by atoms with E-state index >= 15 is 0 Å². The highest BCUT2D eigenvalue weighted by atomic mass is 79.9. The topological polar surface area (TPSA) is 26.3 Å². The third-order valence-corrected chi connectivity index (χ3v) is 6.43. The summed E-state index contributed by atoms with van der Waals surface area (Å²) in [6, 6.07) is 27.8. The number of benzene rings is 3. The molecule has 3 heteroatoms. The van der Waals surface area contributed by atoms with Crippen molar-refractivity contribution in [3.8, 4) is 0 Å². The molecule has 0 aliphatic heterocycles. The fraction of sp³-hybridized carbons (Fsp3) is 0.207. The molecule has 32 heavy (non-hydrogen) atoms. The lowest BCUT2D eigenvalue weighted by atomic mass is 9.73. The summed E-state index contributed by atoms with van der Waals surface area (Å²) >= 11 is 3.57. The maximum Gasteiger partial charge on any atom is 0.330 e. The molecule has 3 aromatic carbocycles. The normalized spacial score (nSPS) is 14.7. The van der Waals surface area contributed by atoms with Crippen LogP contribution >= 0.6 is 15.9 Å².